The second-order valence-corrected chi connectivity index (χ2v) is 5.71. The monoisotopic (exact) mass is 321 g/mol. The van der Waals surface area contributed by atoms with E-state index < -0.39 is 6.10 Å². The van der Waals surface area contributed by atoms with Crippen LogP contribution in [-0.2, 0) is 4.74 Å². The molecule has 3 N–H and O–H groups in total. The van der Waals surface area contributed by atoms with Crippen molar-refractivity contribution in [2.24, 2.45) is 4.99 Å². The van der Waals surface area contributed by atoms with E-state index in [0.717, 1.165) is 24.5 Å². The van der Waals surface area contributed by atoms with E-state index in [1.165, 1.54) is 0 Å². The molecule has 0 radical (unpaired) electrons. The molecule has 0 aliphatic carbocycles. The highest BCUT2D eigenvalue weighted by Crippen LogP contribution is 2.15. The molecule has 0 aromatic heterocycles. The molecule has 0 saturated carbocycles. The van der Waals surface area contributed by atoms with Crippen LogP contribution in [0.15, 0.2) is 35.3 Å². The minimum absolute atomic E-state index is 0.0405. The van der Waals surface area contributed by atoms with Crippen LogP contribution in [0, 0.1) is 0 Å². The smallest absolute Gasteiger partial charge is 0.191 e. The van der Waals surface area contributed by atoms with Crippen molar-refractivity contribution in [3.63, 3.8) is 0 Å². The van der Waals surface area contributed by atoms with Crippen molar-refractivity contribution in [1.82, 2.24) is 10.6 Å². The summed E-state index contributed by atoms with van der Waals surface area (Å²) in [5.41, 5.74) is 1.11. The summed E-state index contributed by atoms with van der Waals surface area (Å²) in [6.45, 7) is 9.60. The third-order valence-corrected chi connectivity index (χ3v) is 3.61. The van der Waals surface area contributed by atoms with Crippen molar-refractivity contribution in [2.45, 2.75) is 52.4 Å². The number of nitrogens with zero attached hydrogens (tertiary/aromatic N) is 1. The lowest BCUT2D eigenvalue weighted by molar-refractivity contribution is 0.00111. The second-order valence-electron chi connectivity index (χ2n) is 5.71. The molecule has 1 rings (SSSR count). The van der Waals surface area contributed by atoms with Gasteiger partial charge in [-0.25, -0.2) is 0 Å². The molecular weight excluding hydrogens is 290 g/mol. The lowest BCUT2D eigenvalue weighted by atomic mass is 10.1. The van der Waals surface area contributed by atoms with E-state index in [1.807, 2.05) is 44.2 Å². The molecule has 1 aromatic carbocycles. The first-order chi connectivity index (χ1) is 11.1. The number of hydrogen-bond acceptors (Lipinski definition) is 3. The highest BCUT2D eigenvalue weighted by molar-refractivity contribution is 5.80. The van der Waals surface area contributed by atoms with Gasteiger partial charge in [-0.05, 0) is 32.8 Å². The quantitative estimate of drug-likeness (QED) is 0.483. The van der Waals surface area contributed by atoms with Gasteiger partial charge in [0, 0.05) is 12.6 Å². The van der Waals surface area contributed by atoms with Crippen LogP contribution >= 0.6 is 0 Å². The van der Waals surface area contributed by atoms with Gasteiger partial charge < -0.3 is 20.5 Å². The van der Waals surface area contributed by atoms with Crippen LogP contribution < -0.4 is 10.6 Å². The maximum atomic E-state index is 10.1. The van der Waals surface area contributed by atoms with Crippen molar-refractivity contribution in [3.8, 4) is 0 Å². The molecule has 0 fully saturated rings. The van der Waals surface area contributed by atoms with Crippen molar-refractivity contribution >= 4 is 5.96 Å². The molecule has 0 heterocycles. The van der Waals surface area contributed by atoms with Gasteiger partial charge in [0.05, 0.1) is 25.4 Å². The Morgan fingerprint density at radius 2 is 1.91 bits per heavy atom. The van der Waals surface area contributed by atoms with Crippen LogP contribution in [0.25, 0.3) is 0 Å². The van der Waals surface area contributed by atoms with Crippen LogP contribution in [0.4, 0.5) is 0 Å². The van der Waals surface area contributed by atoms with E-state index in [9.17, 15) is 5.11 Å². The van der Waals surface area contributed by atoms with Crippen molar-refractivity contribution in [1.29, 1.82) is 0 Å². The van der Waals surface area contributed by atoms with Crippen LogP contribution in [0.2, 0.25) is 0 Å². The van der Waals surface area contributed by atoms with Crippen LogP contribution in [0.3, 0.4) is 0 Å². The minimum Gasteiger partial charge on any atom is -0.389 e. The molecular formula is C18H31N3O2. The Morgan fingerprint density at radius 3 is 2.52 bits per heavy atom. The molecule has 0 spiro atoms. The second kappa shape index (κ2) is 11.0. The topological polar surface area (TPSA) is 65.9 Å². The summed E-state index contributed by atoms with van der Waals surface area (Å²) in [6.07, 6.45) is 0.361. The van der Waals surface area contributed by atoms with Gasteiger partial charge in [0.2, 0.25) is 0 Å². The summed E-state index contributed by atoms with van der Waals surface area (Å²) in [6, 6.07) is 10.3. The summed E-state index contributed by atoms with van der Waals surface area (Å²) in [4.78, 5) is 4.42. The van der Waals surface area contributed by atoms with E-state index in [1.54, 1.807) is 0 Å². The molecule has 0 aliphatic heterocycles. The standard InChI is InChI=1S/C18H31N3O2/c1-5-14(3)21-18(19-6-2)20-12-17(22)13-23-15(4)16-10-8-7-9-11-16/h7-11,14-15,17,22H,5-6,12-13H2,1-4H3,(H2,19,20,21). The summed E-state index contributed by atoms with van der Waals surface area (Å²) < 4.78 is 5.72. The van der Waals surface area contributed by atoms with Crippen molar-refractivity contribution < 1.29 is 9.84 Å². The number of guanidine groups is 1. The fourth-order valence-electron chi connectivity index (χ4n) is 1.98. The lowest BCUT2D eigenvalue weighted by Crippen LogP contribution is -2.42. The zero-order chi connectivity index (χ0) is 17.1. The Hall–Kier alpha value is -1.59. The highest BCUT2D eigenvalue weighted by Gasteiger charge is 2.10. The Bertz CT molecular complexity index is 451. The first-order valence-electron chi connectivity index (χ1n) is 8.46. The van der Waals surface area contributed by atoms with E-state index in [4.69, 9.17) is 4.74 Å². The zero-order valence-electron chi connectivity index (χ0n) is 14.7. The number of rotatable bonds is 9. The molecule has 0 amide bonds. The van der Waals surface area contributed by atoms with Crippen molar-refractivity contribution in [3.05, 3.63) is 35.9 Å². The van der Waals surface area contributed by atoms with E-state index in [0.29, 0.717) is 12.6 Å². The Morgan fingerprint density at radius 1 is 1.22 bits per heavy atom. The fraction of sp³-hybridized carbons (Fsp3) is 0.611. The molecule has 0 saturated heterocycles. The molecule has 1 aromatic rings. The largest absolute Gasteiger partial charge is 0.389 e. The van der Waals surface area contributed by atoms with Gasteiger partial charge in [0.15, 0.2) is 5.96 Å². The number of benzene rings is 1. The molecule has 5 nitrogen and oxygen atoms in total. The third-order valence-electron chi connectivity index (χ3n) is 3.61. The summed E-state index contributed by atoms with van der Waals surface area (Å²) in [5.74, 6) is 0.733. The number of ether oxygens (including phenoxy) is 1. The summed E-state index contributed by atoms with van der Waals surface area (Å²) >= 11 is 0. The average Bonchev–Trinajstić information content (AvgIpc) is 2.58. The fourth-order valence-corrected chi connectivity index (χ4v) is 1.98. The number of aliphatic imine (C=N–C) groups is 1. The normalized spacial score (nSPS) is 15.8. The molecule has 3 atom stereocenters. The summed E-state index contributed by atoms with van der Waals surface area (Å²) in [5, 5.41) is 16.5. The minimum atomic E-state index is -0.617. The third kappa shape index (κ3) is 8.00. The number of aliphatic hydroxyl groups is 1. The molecule has 130 valence electrons. The van der Waals surface area contributed by atoms with Crippen LogP contribution in [0.1, 0.15) is 45.8 Å². The predicted molar refractivity (Wildman–Crippen MR) is 95.7 cm³/mol. The molecule has 5 heteroatoms. The van der Waals surface area contributed by atoms with Crippen LogP contribution in [0.5, 0.6) is 0 Å². The molecule has 3 unspecified atom stereocenters. The number of nitrogens with one attached hydrogen (secondary N) is 2. The van der Waals surface area contributed by atoms with E-state index in [2.05, 4.69) is 29.5 Å². The molecule has 0 bridgehead atoms. The van der Waals surface area contributed by atoms with Gasteiger partial charge in [0.1, 0.15) is 0 Å². The first kappa shape index (κ1) is 19.5. The average molecular weight is 321 g/mol. The highest BCUT2D eigenvalue weighted by atomic mass is 16.5. The zero-order valence-corrected chi connectivity index (χ0v) is 14.7. The first-order valence-corrected chi connectivity index (χ1v) is 8.46. The maximum absolute atomic E-state index is 10.1. The van der Waals surface area contributed by atoms with Gasteiger partial charge in [-0.15, -0.1) is 0 Å². The Balaban J connectivity index is 2.41. The van der Waals surface area contributed by atoms with Crippen LogP contribution in [-0.4, -0.2) is 42.9 Å². The van der Waals surface area contributed by atoms with Gasteiger partial charge in [-0.3, -0.25) is 4.99 Å². The van der Waals surface area contributed by atoms with Crippen molar-refractivity contribution in [2.75, 3.05) is 19.7 Å². The lowest BCUT2D eigenvalue weighted by Gasteiger charge is -2.18. The Labute approximate surface area is 140 Å². The van der Waals surface area contributed by atoms with E-state index in [-0.39, 0.29) is 12.7 Å². The van der Waals surface area contributed by atoms with Gasteiger partial charge in [-0.2, -0.15) is 0 Å². The van der Waals surface area contributed by atoms with Gasteiger partial charge in [0.25, 0.3) is 0 Å². The van der Waals surface area contributed by atoms with Gasteiger partial charge in [-0.1, -0.05) is 37.3 Å². The molecule has 23 heavy (non-hydrogen) atoms. The maximum Gasteiger partial charge on any atom is 0.191 e. The molecule has 0 aliphatic rings. The van der Waals surface area contributed by atoms with Gasteiger partial charge >= 0.3 is 0 Å². The Kier molecular flexibility index (Phi) is 9.33. The number of hydrogen-bond donors (Lipinski definition) is 3. The summed E-state index contributed by atoms with van der Waals surface area (Å²) in [7, 11) is 0. The predicted octanol–water partition coefficient (Wildman–Crippen LogP) is 2.48. The SMILES string of the molecule is CCNC(=NCC(O)COC(C)c1ccccc1)NC(C)CC. The number of aliphatic hydroxyl groups excluding tert-OH is 1. The van der Waals surface area contributed by atoms with E-state index >= 15 is 0 Å².